The van der Waals surface area contributed by atoms with Crippen LogP contribution in [-0.4, -0.2) is 44.5 Å². The molecular weight excluding hydrogens is 366 g/mol. The minimum Gasteiger partial charge on any atom is -0.497 e. The molecule has 7 nitrogen and oxygen atoms in total. The van der Waals surface area contributed by atoms with Crippen molar-refractivity contribution >= 4 is 21.8 Å². The molecule has 1 N–H and O–H groups in total. The second-order valence-corrected chi connectivity index (χ2v) is 8.63. The lowest BCUT2D eigenvalue weighted by Crippen LogP contribution is -2.43. The van der Waals surface area contributed by atoms with Gasteiger partial charge in [0.25, 0.3) is 15.9 Å². The quantitative estimate of drug-likeness (QED) is 0.832. The van der Waals surface area contributed by atoms with Gasteiger partial charge in [-0.1, -0.05) is 12.1 Å². The Morgan fingerprint density at radius 1 is 1.30 bits per heavy atom. The molecule has 8 heteroatoms. The van der Waals surface area contributed by atoms with Gasteiger partial charge in [-0.2, -0.15) is 0 Å². The Labute approximate surface area is 158 Å². The fraction of sp³-hybridized carbons (Fsp3) is 0.368. The first-order valence-electron chi connectivity index (χ1n) is 8.90. The summed E-state index contributed by atoms with van der Waals surface area (Å²) in [6.07, 6.45) is 7.20. The summed E-state index contributed by atoms with van der Waals surface area (Å²) < 4.78 is 32.8. The van der Waals surface area contributed by atoms with Crippen LogP contribution in [0.3, 0.4) is 0 Å². The molecule has 1 atom stereocenters. The first kappa shape index (κ1) is 17.8. The Kier molecular flexibility index (Phi) is 4.51. The standard InChI is InChI=1S/C19H21N3O4S/c1-26-15-8-6-14(7-9-15)17(13-4-5-13)20-19(23)16-3-2-10-22-11-12-27(24,25)21-18(16)22/h2-3,6-10,13,17H,4-5,11-12H2,1H3,(H,20,23)/t17-/m1/s1. The molecule has 0 unspecified atom stereocenters. The normalized spacial score (nSPS) is 21.6. The second kappa shape index (κ2) is 6.84. The molecule has 2 heterocycles. The number of sulfonamides is 1. The van der Waals surface area contributed by atoms with E-state index < -0.39 is 10.0 Å². The molecule has 1 amide bonds. The number of carbonyl (C=O) groups excluding carboxylic acids is 1. The van der Waals surface area contributed by atoms with Crippen LogP contribution in [0.2, 0.25) is 0 Å². The number of fused-ring (bicyclic) bond motifs is 1. The number of rotatable bonds is 5. The number of ether oxygens (including phenoxy) is 1. The van der Waals surface area contributed by atoms with Crippen molar-refractivity contribution in [2.75, 3.05) is 19.4 Å². The summed E-state index contributed by atoms with van der Waals surface area (Å²) in [5.41, 5.74) is 1.29. The number of hydrogen-bond acceptors (Lipinski definition) is 5. The molecule has 1 saturated carbocycles. The van der Waals surface area contributed by atoms with E-state index in [4.69, 9.17) is 4.74 Å². The molecule has 4 rings (SSSR count). The molecule has 0 saturated heterocycles. The van der Waals surface area contributed by atoms with Crippen LogP contribution in [0.5, 0.6) is 5.75 Å². The average Bonchev–Trinajstić information content (AvgIpc) is 3.50. The summed E-state index contributed by atoms with van der Waals surface area (Å²) in [5.74, 6) is 0.984. The van der Waals surface area contributed by atoms with Crippen molar-refractivity contribution in [1.29, 1.82) is 0 Å². The Morgan fingerprint density at radius 3 is 2.70 bits per heavy atom. The summed E-state index contributed by atoms with van der Waals surface area (Å²) >= 11 is 0. The third-order valence-corrected chi connectivity index (χ3v) is 6.11. The Hall–Kier alpha value is -2.61. The molecule has 0 aromatic heterocycles. The van der Waals surface area contributed by atoms with E-state index in [1.165, 1.54) is 0 Å². The molecule has 142 valence electrons. The van der Waals surface area contributed by atoms with Gasteiger partial charge in [0.15, 0.2) is 5.84 Å². The highest BCUT2D eigenvalue weighted by molar-refractivity contribution is 7.90. The maximum absolute atomic E-state index is 13.0. The SMILES string of the molecule is COc1ccc([C@H](NC(=O)C2=CC=CN3CCS(=O)(=O)N=C23)C2CC2)cc1. The molecule has 0 bridgehead atoms. The van der Waals surface area contributed by atoms with Crippen molar-refractivity contribution in [2.24, 2.45) is 10.3 Å². The summed E-state index contributed by atoms with van der Waals surface area (Å²) in [7, 11) is -1.92. The fourth-order valence-corrected chi connectivity index (χ4v) is 4.31. The van der Waals surface area contributed by atoms with E-state index in [-0.39, 0.29) is 29.1 Å². The van der Waals surface area contributed by atoms with Crippen molar-refractivity contribution in [1.82, 2.24) is 10.2 Å². The van der Waals surface area contributed by atoms with Crippen molar-refractivity contribution in [3.8, 4) is 5.75 Å². The van der Waals surface area contributed by atoms with Gasteiger partial charge >= 0.3 is 0 Å². The minimum atomic E-state index is -3.53. The van der Waals surface area contributed by atoms with Gasteiger partial charge < -0.3 is 15.0 Å². The maximum Gasteiger partial charge on any atom is 0.256 e. The lowest BCUT2D eigenvalue weighted by molar-refractivity contribution is -0.117. The first-order valence-corrected chi connectivity index (χ1v) is 10.5. The molecule has 1 aromatic rings. The van der Waals surface area contributed by atoms with Crippen LogP contribution in [0.1, 0.15) is 24.4 Å². The monoisotopic (exact) mass is 387 g/mol. The fourth-order valence-electron chi connectivity index (χ4n) is 3.33. The van der Waals surface area contributed by atoms with Gasteiger partial charge in [0.1, 0.15) is 5.75 Å². The number of benzene rings is 1. The van der Waals surface area contributed by atoms with Gasteiger partial charge in [-0.05, 0) is 48.6 Å². The Balaban J connectivity index is 1.58. The first-order chi connectivity index (χ1) is 13.0. The van der Waals surface area contributed by atoms with Crippen LogP contribution in [0.15, 0.2) is 52.6 Å². The molecule has 1 fully saturated rings. The molecule has 0 radical (unpaired) electrons. The predicted molar refractivity (Wildman–Crippen MR) is 102 cm³/mol. The van der Waals surface area contributed by atoms with E-state index in [1.54, 1.807) is 30.4 Å². The van der Waals surface area contributed by atoms with Crippen LogP contribution in [0, 0.1) is 5.92 Å². The molecule has 27 heavy (non-hydrogen) atoms. The molecule has 1 aromatic carbocycles. The predicted octanol–water partition coefficient (Wildman–Crippen LogP) is 1.76. The lowest BCUT2D eigenvalue weighted by Gasteiger charge is -2.29. The van der Waals surface area contributed by atoms with Gasteiger partial charge in [0.05, 0.1) is 24.5 Å². The van der Waals surface area contributed by atoms with Crippen LogP contribution in [-0.2, 0) is 14.8 Å². The average molecular weight is 387 g/mol. The van der Waals surface area contributed by atoms with Crippen LogP contribution in [0.4, 0.5) is 0 Å². The van der Waals surface area contributed by atoms with Gasteiger partial charge in [-0.15, -0.1) is 4.40 Å². The van der Waals surface area contributed by atoms with Crippen molar-refractivity contribution < 1.29 is 17.9 Å². The summed E-state index contributed by atoms with van der Waals surface area (Å²) in [6, 6.07) is 7.53. The van der Waals surface area contributed by atoms with Gasteiger partial charge in [0.2, 0.25) is 0 Å². The van der Waals surface area contributed by atoms with Crippen LogP contribution in [0.25, 0.3) is 0 Å². The minimum absolute atomic E-state index is 0.0493. The molecule has 0 spiro atoms. The van der Waals surface area contributed by atoms with E-state index in [9.17, 15) is 13.2 Å². The summed E-state index contributed by atoms with van der Waals surface area (Å²) in [6.45, 7) is 0.298. The maximum atomic E-state index is 13.0. The Morgan fingerprint density at radius 2 is 2.04 bits per heavy atom. The van der Waals surface area contributed by atoms with Crippen LogP contribution < -0.4 is 10.1 Å². The number of nitrogens with one attached hydrogen (secondary N) is 1. The summed E-state index contributed by atoms with van der Waals surface area (Å²) in [4.78, 5) is 14.7. The number of amides is 1. The zero-order valence-corrected chi connectivity index (χ0v) is 15.8. The second-order valence-electron chi connectivity index (χ2n) is 6.88. The third kappa shape index (κ3) is 3.75. The van der Waals surface area contributed by atoms with E-state index in [0.717, 1.165) is 24.2 Å². The molecular formula is C19H21N3O4S. The van der Waals surface area contributed by atoms with E-state index in [2.05, 4.69) is 9.71 Å². The van der Waals surface area contributed by atoms with E-state index >= 15 is 0 Å². The van der Waals surface area contributed by atoms with Gasteiger partial charge in [-0.25, -0.2) is 8.42 Å². The van der Waals surface area contributed by atoms with E-state index in [1.807, 2.05) is 24.3 Å². The number of allylic oxidation sites excluding steroid dienone is 2. The summed E-state index contributed by atoms with van der Waals surface area (Å²) in [5, 5.41) is 3.08. The number of carbonyl (C=O) groups is 1. The molecule has 2 aliphatic heterocycles. The highest BCUT2D eigenvalue weighted by Gasteiger charge is 2.36. The van der Waals surface area contributed by atoms with E-state index in [0.29, 0.717) is 12.5 Å². The lowest BCUT2D eigenvalue weighted by atomic mass is 10.0. The molecule has 3 aliphatic rings. The number of hydrogen-bond donors (Lipinski definition) is 1. The highest BCUT2D eigenvalue weighted by Crippen LogP contribution is 2.41. The van der Waals surface area contributed by atoms with Crippen molar-refractivity contribution in [3.63, 3.8) is 0 Å². The zero-order valence-electron chi connectivity index (χ0n) is 15.0. The number of nitrogens with zero attached hydrogens (tertiary/aromatic N) is 2. The number of methoxy groups -OCH3 is 1. The Bertz CT molecular complexity index is 944. The van der Waals surface area contributed by atoms with Gasteiger partial charge in [0, 0.05) is 12.7 Å². The number of amidine groups is 1. The van der Waals surface area contributed by atoms with Crippen molar-refractivity contribution in [2.45, 2.75) is 18.9 Å². The highest BCUT2D eigenvalue weighted by atomic mass is 32.2. The largest absolute Gasteiger partial charge is 0.497 e. The molecule has 1 aliphatic carbocycles. The van der Waals surface area contributed by atoms with Crippen LogP contribution >= 0.6 is 0 Å². The van der Waals surface area contributed by atoms with Crippen molar-refractivity contribution in [3.05, 3.63) is 53.8 Å². The smallest absolute Gasteiger partial charge is 0.256 e. The topological polar surface area (TPSA) is 88.1 Å². The zero-order chi connectivity index (χ0) is 19.0. The van der Waals surface area contributed by atoms with Gasteiger partial charge in [-0.3, -0.25) is 4.79 Å². The third-order valence-electron chi connectivity index (χ3n) is 4.96.